The van der Waals surface area contributed by atoms with Crippen molar-refractivity contribution in [2.24, 2.45) is 5.92 Å². The van der Waals surface area contributed by atoms with E-state index in [0.717, 1.165) is 12.8 Å². The molecule has 0 saturated heterocycles. The molecule has 5 heteroatoms. The van der Waals surface area contributed by atoms with Gasteiger partial charge < -0.3 is 14.2 Å². The molecule has 1 unspecified atom stereocenters. The number of carbonyl (C=O) groups excluding carboxylic acids is 1. The maximum atomic E-state index is 12.1. The zero-order valence-electron chi connectivity index (χ0n) is 16.8. The van der Waals surface area contributed by atoms with Crippen LogP contribution in [0, 0.1) is 5.92 Å². The molecule has 0 fully saturated rings. The van der Waals surface area contributed by atoms with Crippen LogP contribution in [0.5, 0.6) is 11.5 Å². The molecule has 1 amide bonds. The summed E-state index contributed by atoms with van der Waals surface area (Å²) in [5, 5.41) is 2.76. The number of hydrogen-bond acceptors (Lipinski definition) is 4. The predicted octanol–water partition coefficient (Wildman–Crippen LogP) is 6.03. The quantitative estimate of drug-likeness (QED) is 0.434. The van der Waals surface area contributed by atoms with Crippen molar-refractivity contribution in [3.63, 3.8) is 0 Å². The summed E-state index contributed by atoms with van der Waals surface area (Å²) >= 11 is 0. The lowest BCUT2D eigenvalue weighted by Gasteiger charge is -2.17. The first kappa shape index (κ1) is 22.1. The number of carbonyl (C=O) groups is 1. The summed E-state index contributed by atoms with van der Waals surface area (Å²) in [6, 6.07) is 5.24. The summed E-state index contributed by atoms with van der Waals surface area (Å²) in [4.78, 5) is 12.1. The first-order valence-corrected chi connectivity index (χ1v) is 9.80. The van der Waals surface area contributed by atoms with Crippen molar-refractivity contribution < 1.29 is 19.0 Å². The van der Waals surface area contributed by atoms with Crippen LogP contribution in [0.15, 0.2) is 18.2 Å². The second-order valence-corrected chi connectivity index (χ2v) is 6.65. The Labute approximate surface area is 158 Å². The number of amides is 1. The fourth-order valence-electron chi connectivity index (χ4n) is 2.93. The van der Waals surface area contributed by atoms with Gasteiger partial charge in [0, 0.05) is 11.8 Å². The Balaban J connectivity index is 2.48. The average Bonchev–Trinajstić information content (AvgIpc) is 2.66. The molecule has 0 spiro atoms. The Kier molecular flexibility index (Phi) is 11.3. The normalized spacial score (nSPS) is 11.7. The van der Waals surface area contributed by atoms with Gasteiger partial charge in [-0.3, -0.25) is 5.32 Å². The number of benzene rings is 1. The van der Waals surface area contributed by atoms with E-state index < -0.39 is 6.09 Å². The molecule has 0 aliphatic rings. The number of methoxy groups -OCH3 is 2. The maximum absolute atomic E-state index is 12.1. The molecule has 0 saturated carbocycles. The lowest BCUT2D eigenvalue weighted by Crippen LogP contribution is -2.19. The van der Waals surface area contributed by atoms with Crippen molar-refractivity contribution in [2.75, 3.05) is 26.1 Å². The van der Waals surface area contributed by atoms with Gasteiger partial charge in [-0.05, 0) is 30.9 Å². The average molecular weight is 366 g/mol. The van der Waals surface area contributed by atoms with Gasteiger partial charge in [-0.15, -0.1) is 0 Å². The lowest BCUT2D eigenvalue weighted by atomic mass is 9.96. The second kappa shape index (κ2) is 13.3. The topological polar surface area (TPSA) is 56.8 Å². The number of ether oxygens (including phenoxy) is 3. The largest absolute Gasteiger partial charge is 0.493 e. The summed E-state index contributed by atoms with van der Waals surface area (Å²) < 4.78 is 15.9. The van der Waals surface area contributed by atoms with E-state index >= 15 is 0 Å². The van der Waals surface area contributed by atoms with Crippen LogP contribution in [-0.2, 0) is 4.74 Å². The van der Waals surface area contributed by atoms with E-state index in [-0.39, 0.29) is 0 Å². The predicted molar refractivity (Wildman–Crippen MR) is 106 cm³/mol. The molecule has 0 heterocycles. The van der Waals surface area contributed by atoms with Gasteiger partial charge in [0.15, 0.2) is 11.5 Å². The fraction of sp³-hybridized carbons (Fsp3) is 0.667. The highest BCUT2D eigenvalue weighted by atomic mass is 16.5. The van der Waals surface area contributed by atoms with E-state index in [1.165, 1.54) is 38.5 Å². The third-order valence-corrected chi connectivity index (χ3v) is 4.51. The molecule has 0 radical (unpaired) electrons. The summed E-state index contributed by atoms with van der Waals surface area (Å²) in [5.74, 6) is 1.64. The minimum atomic E-state index is -0.424. The standard InChI is InChI=1S/C21H35NO4/c1-5-7-9-10-12-17(11-8-6-2)16-26-21(23)22-18-13-14-19(24-3)20(15-18)25-4/h13-15,17H,5-12,16H2,1-4H3,(H,22,23). The zero-order chi connectivity index (χ0) is 19.2. The number of nitrogens with one attached hydrogen (secondary N) is 1. The van der Waals surface area contributed by atoms with Crippen molar-refractivity contribution in [2.45, 2.75) is 65.2 Å². The van der Waals surface area contributed by atoms with Crippen LogP contribution in [0.1, 0.15) is 65.2 Å². The molecule has 26 heavy (non-hydrogen) atoms. The van der Waals surface area contributed by atoms with Gasteiger partial charge in [-0.25, -0.2) is 4.79 Å². The number of unbranched alkanes of at least 4 members (excludes halogenated alkanes) is 4. The van der Waals surface area contributed by atoms with Gasteiger partial charge in [-0.1, -0.05) is 52.4 Å². The first-order valence-electron chi connectivity index (χ1n) is 9.80. The molecular weight excluding hydrogens is 330 g/mol. The molecule has 1 aromatic rings. The van der Waals surface area contributed by atoms with Crippen LogP contribution < -0.4 is 14.8 Å². The monoisotopic (exact) mass is 365 g/mol. The van der Waals surface area contributed by atoms with E-state index in [9.17, 15) is 4.79 Å². The first-order chi connectivity index (χ1) is 12.6. The van der Waals surface area contributed by atoms with Gasteiger partial charge in [0.1, 0.15) is 0 Å². The summed E-state index contributed by atoms with van der Waals surface area (Å²) in [6.07, 6.45) is 9.16. The van der Waals surface area contributed by atoms with Crippen molar-refractivity contribution >= 4 is 11.8 Å². The van der Waals surface area contributed by atoms with Crippen molar-refractivity contribution in [1.82, 2.24) is 0 Å². The van der Waals surface area contributed by atoms with Gasteiger partial charge in [-0.2, -0.15) is 0 Å². The zero-order valence-corrected chi connectivity index (χ0v) is 16.8. The van der Waals surface area contributed by atoms with Crippen LogP contribution in [0.3, 0.4) is 0 Å². The molecule has 0 aromatic heterocycles. The second-order valence-electron chi connectivity index (χ2n) is 6.65. The fourth-order valence-corrected chi connectivity index (χ4v) is 2.93. The van der Waals surface area contributed by atoms with E-state index in [2.05, 4.69) is 19.2 Å². The molecule has 148 valence electrons. The molecule has 1 N–H and O–H groups in total. The highest BCUT2D eigenvalue weighted by molar-refractivity contribution is 5.85. The Bertz CT molecular complexity index is 519. The molecule has 1 aromatic carbocycles. The van der Waals surface area contributed by atoms with E-state index in [1.807, 2.05) is 0 Å². The van der Waals surface area contributed by atoms with Gasteiger partial charge in [0.05, 0.1) is 20.8 Å². The van der Waals surface area contributed by atoms with Crippen LogP contribution in [0.4, 0.5) is 10.5 Å². The third-order valence-electron chi connectivity index (χ3n) is 4.51. The van der Waals surface area contributed by atoms with Crippen LogP contribution >= 0.6 is 0 Å². The summed E-state index contributed by atoms with van der Waals surface area (Å²) in [5.41, 5.74) is 0.626. The van der Waals surface area contributed by atoms with E-state index in [4.69, 9.17) is 14.2 Å². The van der Waals surface area contributed by atoms with Gasteiger partial charge in [0.2, 0.25) is 0 Å². The Morgan fingerprint density at radius 1 is 0.962 bits per heavy atom. The highest BCUT2D eigenvalue weighted by Crippen LogP contribution is 2.29. The molecule has 1 atom stereocenters. The van der Waals surface area contributed by atoms with Crippen molar-refractivity contribution in [3.8, 4) is 11.5 Å². The lowest BCUT2D eigenvalue weighted by molar-refractivity contribution is 0.134. The summed E-state index contributed by atoms with van der Waals surface area (Å²) in [6.45, 7) is 4.89. The molecule has 1 rings (SSSR count). The SMILES string of the molecule is CCCCCCC(CCCC)COC(=O)Nc1ccc(OC)c(OC)c1. The molecule has 5 nitrogen and oxygen atoms in total. The van der Waals surface area contributed by atoms with Crippen LogP contribution in [0.25, 0.3) is 0 Å². The summed E-state index contributed by atoms with van der Waals surface area (Å²) in [7, 11) is 3.15. The Morgan fingerprint density at radius 2 is 1.65 bits per heavy atom. The minimum Gasteiger partial charge on any atom is -0.493 e. The van der Waals surface area contributed by atoms with E-state index in [0.29, 0.717) is 29.7 Å². The smallest absolute Gasteiger partial charge is 0.411 e. The Morgan fingerprint density at radius 3 is 2.31 bits per heavy atom. The molecule has 0 aliphatic carbocycles. The van der Waals surface area contributed by atoms with Crippen LogP contribution in [-0.4, -0.2) is 26.9 Å². The number of rotatable bonds is 13. The number of anilines is 1. The van der Waals surface area contributed by atoms with Crippen molar-refractivity contribution in [1.29, 1.82) is 0 Å². The highest BCUT2D eigenvalue weighted by Gasteiger charge is 2.13. The molecule has 0 bridgehead atoms. The minimum absolute atomic E-state index is 0.424. The maximum Gasteiger partial charge on any atom is 0.411 e. The molecular formula is C21H35NO4. The van der Waals surface area contributed by atoms with Gasteiger partial charge in [0.25, 0.3) is 0 Å². The van der Waals surface area contributed by atoms with E-state index in [1.54, 1.807) is 32.4 Å². The van der Waals surface area contributed by atoms with Gasteiger partial charge >= 0.3 is 6.09 Å². The number of hydrogen-bond donors (Lipinski definition) is 1. The Hall–Kier alpha value is -1.91. The van der Waals surface area contributed by atoms with Crippen molar-refractivity contribution in [3.05, 3.63) is 18.2 Å². The van der Waals surface area contributed by atoms with Crippen LogP contribution in [0.2, 0.25) is 0 Å². The third kappa shape index (κ3) is 8.45. The molecule has 0 aliphatic heterocycles.